The summed E-state index contributed by atoms with van der Waals surface area (Å²) in [6, 6.07) is 3.85. The van der Waals surface area contributed by atoms with E-state index >= 15 is 0 Å². The van der Waals surface area contributed by atoms with Crippen molar-refractivity contribution in [1.29, 1.82) is 0 Å². The number of thiocarbonyl (C=S) groups is 1. The maximum absolute atomic E-state index is 12.5. The lowest BCUT2D eigenvalue weighted by Crippen LogP contribution is -2.47. The predicted molar refractivity (Wildman–Crippen MR) is 74.4 cm³/mol. The second-order valence-corrected chi connectivity index (χ2v) is 6.35. The van der Waals surface area contributed by atoms with E-state index in [4.69, 9.17) is 12.2 Å². The van der Waals surface area contributed by atoms with Crippen LogP contribution in [0.3, 0.4) is 0 Å². The van der Waals surface area contributed by atoms with Gasteiger partial charge in [0.2, 0.25) is 0 Å². The SMILES string of the molecule is CNC(=S)[C@]1(c2ccncc2)CCCC[S@]1=O. The van der Waals surface area contributed by atoms with Crippen LogP contribution in [0.5, 0.6) is 0 Å². The van der Waals surface area contributed by atoms with Gasteiger partial charge >= 0.3 is 0 Å². The number of pyridine rings is 1. The van der Waals surface area contributed by atoms with Gasteiger partial charge in [0.1, 0.15) is 4.75 Å². The fourth-order valence-corrected chi connectivity index (χ4v) is 4.74. The van der Waals surface area contributed by atoms with Crippen LogP contribution in [0.4, 0.5) is 0 Å². The number of aromatic nitrogens is 1. The molecule has 2 atom stereocenters. The van der Waals surface area contributed by atoms with Gasteiger partial charge in [-0.05, 0) is 30.5 Å². The van der Waals surface area contributed by atoms with Crippen molar-refractivity contribution >= 4 is 28.0 Å². The second kappa shape index (κ2) is 5.23. The molecule has 1 aliphatic rings. The van der Waals surface area contributed by atoms with Gasteiger partial charge in [0.15, 0.2) is 0 Å². The molecule has 1 aromatic rings. The Morgan fingerprint density at radius 3 is 2.76 bits per heavy atom. The van der Waals surface area contributed by atoms with Gasteiger partial charge in [-0.3, -0.25) is 9.19 Å². The zero-order chi connectivity index (χ0) is 12.3. The Hall–Kier alpha value is -0.810. The lowest BCUT2D eigenvalue weighted by molar-refractivity contribution is 0.574. The maximum Gasteiger partial charge on any atom is 0.121 e. The Balaban J connectivity index is 2.50. The highest BCUT2D eigenvalue weighted by Crippen LogP contribution is 2.38. The van der Waals surface area contributed by atoms with Gasteiger partial charge in [-0.25, -0.2) is 0 Å². The van der Waals surface area contributed by atoms with Crippen LogP contribution in [0.15, 0.2) is 24.5 Å². The molecule has 0 amide bonds. The molecule has 1 fully saturated rings. The first kappa shape index (κ1) is 12.6. The van der Waals surface area contributed by atoms with E-state index in [1.807, 2.05) is 12.1 Å². The molecule has 17 heavy (non-hydrogen) atoms. The minimum absolute atomic E-state index is 0.509. The summed E-state index contributed by atoms with van der Waals surface area (Å²) in [6.07, 6.45) is 6.41. The van der Waals surface area contributed by atoms with Crippen molar-refractivity contribution in [1.82, 2.24) is 10.3 Å². The van der Waals surface area contributed by atoms with Crippen molar-refractivity contribution in [3.8, 4) is 0 Å². The molecule has 1 N–H and O–H groups in total. The smallest absolute Gasteiger partial charge is 0.121 e. The minimum atomic E-state index is -0.949. The summed E-state index contributed by atoms with van der Waals surface area (Å²) in [5, 5.41) is 3.02. The molecule has 1 saturated heterocycles. The lowest BCUT2D eigenvalue weighted by Gasteiger charge is -2.37. The van der Waals surface area contributed by atoms with Gasteiger partial charge in [-0.2, -0.15) is 0 Å². The summed E-state index contributed by atoms with van der Waals surface area (Å²) >= 11 is 5.42. The summed E-state index contributed by atoms with van der Waals surface area (Å²) in [7, 11) is 0.854. The molecule has 0 aliphatic carbocycles. The summed E-state index contributed by atoms with van der Waals surface area (Å²) < 4.78 is 12.0. The molecule has 1 aliphatic heterocycles. The third kappa shape index (κ3) is 2.13. The summed E-state index contributed by atoms with van der Waals surface area (Å²) in [4.78, 5) is 4.70. The number of nitrogens with one attached hydrogen (secondary N) is 1. The lowest BCUT2D eigenvalue weighted by atomic mass is 9.92. The Kier molecular flexibility index (Phi) is 3.89. The molecule has 92 valence electrons. The predicted octanol–water partition coefficient (Wildman–Crippen LogP) is 1.76. The fourth-order valence-electron chi connectivity index (χ4n) is 2.34. The quantitative estimate of drug-likeness (QED) is 0.830. The zero-order valence-corrected chi connectivity index (χ0v) is 11.4. The summed E-state index contributed by atoms with van der Waals surface area (Å²) in [5.74, 6) is 0.726. The topological polar surface area (TPSA) is 42.0 Å². The van der Waals surface area contributed by atoms with Crippen LogP contribution < -0.4 is 5.32 Å². The van der Waals surface area contributed by atoms with Crippen LogP contribution >= 0.6 is 12.2 Å². The highest BCUT2D eigenvalue weighted by molar-refractivity contribution is 7.90. The third-order valence-corrected chi connectivity index (χ3v) is 6.00. The van der Waals surface area contributed by atoms with Gasteiger partial charge in [-0.1, -0.05) is 18.6 Å². The van der Waals surface area contributed by atoms with Crippen LogP contribution in [0, 0.1) is 0 Å². The number of likely N-dealkylation sites (N-methyl/N-ethyl adjacent to an activating group) is 1. The van der Waals surface area contributed by atoms with Crippen molar-refractivity contribution in [2.45, 2.75) is 24.0 Å². The van der Waals surface area contributed by atoms with Crippen LogP contribution in [0.25, 0.3) is 0 Å². The van der Waals surface area contributed by atoms with E-state index in [9.17, 15) is 4.21 Å². The number of rotatable bonds is 2. The highest BCUT2D eigenvalue weighted by atomic mass is 32.2. The molecule has 0 unspecified atom stereocenters. The standard InChI is InChI=1S/C12H16N2OS2/c1-13-11(16)12(6-2-3-9-17(12)15)10-4-7-14-8-5-10/h4-5,7-8H,2-3,6,9H2,1H3,(H,13,16)/t12-,17-/m1/s1. The minimum Gasteiger partial charge on any atom is -0.381 e. The van der Waals surface area contributed by atoms with Crippen molar-refractivity contribution in [2.24, 2.45) is 0 Å². The molecule has 2 heterocycles. The molecule has 0 spiro atoms. The van der Waals surface area contributed by atoms with Crippen molar-refractivity contribution in [2.75, 3.05) is 12.8 Å². The fraction of sp³-hybridized carbons (Fsp3) is 0.500. The molecular weight excluding hydrogens is 252 g/mol. The van der Waals surface area contributed by atoms with E-state index in [0.717, 1.165) is 30.6 Å². The van der Waals surface area contributed by atoms with Crippen LogP contribution in [0.2, 0.25) is 0 Å². The van der Waals surface area contributed by atoms with E-state index in [1.54, 1.807) is 19.4 Å². The van der Waals surface area contributed by atoms with Gasteiger partial charge in [0, 0.05) is 36.0 Å². The number of hydrogen-bond acceptors (Lipinski definition) is 3. The van der Waals surface area contributed by atoms with Crippen molar-refractivity contribution < 1.29 is 4.21 Å². The first-order chi connectivity index (χ1) is 8.21. The van der Waals surface area contributed by atoms with Crippen LogP contribution in [0.1, 0.15) is 24.8 Å². The molecular formula is C12H16N2OS2. The molecule has 1 aromatic heterocycles. The average Bonchev–Trinajstić information content (AvgIpc) is 2.39. The number of nitrogens with zero attached hydrogens (tertiary/aromatic N) is 1. The molecule has 5 heteroatoms. The molecule has 0 saturated carbocycles. The van der Waals surface area contributed by atoms with E-state index in [1.165, 1.54) is 0 Å². The Bertz CT molecular complexity index is 425. The van der Waals surface area contributed by atoms with Gasteiger partial charge in [0.25, 0.3) is 0 Å². The Labute approximate surface area is 109 Å². The molecule has 0 aromatic carbocycles. The second-order valence-electron chi connectivity index (χ2n) is 4.15. The van der Waals surface area contributed by atoms with Gasteiger partial charge in [0.05, 0.1) is 4.99 Å². The molecule has 3 nitrogen and oxygen atoms in total. The Morgan fingerprint density at radius 1 is 1.47 bits per heavy atom. The van der Waals surface area contributed by atoms with Crippen molar-refractivity contribution in [3.63, 3.8) is 0 Å². The third-order valence-electron chi connectivity index (χ3n) is 3.24. The van der Waals surface area contributed by atoms with Crippen molar-refractivity contribution in [3.05, 3.63) is 30.1 Å². The van der Waals surface area contributed by atoms with Gasteiger partial charge in [-0.15, -0.1) is 0 Å². The number of hydrogen-bond donors (Lipinski definition) is 1. The van der Waals surface area contributed by atoms with E-state index < -0.39 is 15.5 Å². The van der Waals surface area contributed by atoms with E-state index in [2.05, 4.69) is 10.3 Å². The van der Waals surface area contributed by atoms with Crippen LogP contribution in [-0.4, -0.2) is 27.0 Å². The molecule has 2 rings (SSSR count). The van der Waals surface area contributed by atoms with E-state index in [-0.39, 0.29) is 0 Å². The first-order valence-electron chi connectivity index (χ1n) is 5.73. The maximum atomic E-state index is 12.5. The van der Waals surface area contributed by atoms with E-state index in [0.29, 0.717) is 4.99 Å². The molecule has 0 bridgehead atoms. The molecule has 0 radical (unpaired) electrons. The largest absolute Gasteiger partial charge is 0.381 e. The monoisotopic (exact) mass is 268 g/mol. The zero-order valence-electron chi connectivity index (χ0n) is 9.81. The summed E-state index contributed by atoms with van der Waals surface area (Å²) in [6.45, 7) is 0. The van der Waals surface area contributed by atoms with Crippen LogP contribution in [-0.2, 0) is 15.5 Å². The highest BCUT2D eigenvalue weighted by Gasteiger charge is 2.44. The van der Waals surface area contributed by atoms with Gasteiger partial charge < -0.3 is 5.32 Å². The Morgan fingerprint density at radius 2 is 2.18 bits per heavy atom. The average molecular weight is 268 g/mol. The normalized spacial score (nSPS) is 28.6. The summed E-state index contributed by atoms with van der Waals surface area (Å²) in [5.41, 5.74) is 1.02. The first-order valence-corrected chi connectivity index (χ1v) is 7.45.